The molecule has 0 heterocycles. The highest BCUT2D eigenvalue weighted by molar-refractivity contribution is 5.25. The fourth-order valence-electron chi connectivity index (χ4n) is 3.09. The van der Waals surface area contributed by atoms with E-state index in [4.69, 9.17) is 5.73 Å². The number of benzene rings is 1. The first-order valence-corrected chi connectivity index (χ1v) is 6.35. The maximum atomic E-state index is 13.3. The van der Waals surface area contributed by atoms with E-state index in [-0.39, 0.29) is 11.6 Å². The van der Waals surface area contributed by atoms with Crippen LogP contribution >= 0.6 is 0 Å². The summed E-state index contributed by atoms with van der Waals surface area (Å²) < 4.78 is 26.6. The average Bonchev–Trinajstić information content (AvgIpc) is 2.76. The molecule has 1 aliphatic rings. The maximum Gasteiger partial charge on any atom is 0.126 e. The molecule has 100 valence electrons. The van der Waals surface area contributed by atoms with E-state index < -0.39 is 11.6 Å². The number of likely N-dealkylation sites (N-methyl/N-ethyl adjacent to an activating group) is 1. The van der Waals surface area contributed by atoms with Gasteiger partial charge in [0, 0.05) is 17.6 Å². The topological polar surface area (TPSA) is 29.3 Å². The molecule has 0 saturated heterocycles. The fraction of sp³-hybridized carbons (Fsp3) is 0.571. The van der Waals surface area contributed by atoms with Gasteiger partial charge in [-0.3, -0.25) is 0 Å². The van der Waals surface area contributed by atoms with E-state index in [0.29, 0.717) is 5.56 Å². The van der Waals surface area contributed by atoms with Crippen molar-refractivity contribution in [1.82, 2.24) is 4.90 Å². The van der Waals surface area contributed by atoms with Crippen LogP contribution in [0.4, 0.5) is 8.78 Å². The van der Waals surface area contributed by atoms with Crippen LogP contribution in [-0.2, 0) is 0 Å². The van der Waals surface area contributed by atoms with Gasteiger partial charge in [-0.1, -0.05) is 12.8 Å². The summed E-state index contributed by atoms with van der Waals surface area (Å²) in [5.74, 6) is -1.13. The van der Waals surface area contributed by atoms with Gasteiger partial charge in [0.1, 0.15) is 11.6 Å². The third kappa shape index (κ3) is 2.27. The summed E-state index contributed by atoms with van der Waals surface area (Å²) in [6.45, 7) is 0. The minimum Gasteiger partial charge on any atom is -0.322 e. The van der Waals surface area contributed by atoms with Crippen molar-refractivity contribution in [3.05, 3.63) is 35.4 Å². The molecule has 1 aliphatic carbocycles. The Morgan fingerprint density at radius 2 is 1.61 bits per heavy atom. The third-order valence-electron chi connectivity index (χ3n) is 4.18. The lowest BCUT2D eigenvalue weighted by molar-refractivity contribution is 0.123. The Labute approximate surface area is 107 Å². The van der Waals surface area contributed by atoms with Gasteiger partial charge in [-0.05, 0) is 44.6 Å². The Hall–Kier alpha value is -1.00. The number of hydrogen-bond donors (Lipinski definition) is 1. The minimum atomic E-state index is -0.563. The lowest BCUT2D eigenvalue weighted by Gasteiger charge is -2.41. The molecular formula is C14H20F2N2. The molecule has 2 rings (SSSR count). The van der Waals surface area contributed by atoms with Crippen LogP contribution in [0.5, 0.6) is 0 Å². The van der Waals surface area contributed by atoms with Gasteiger partial charge in [-0.2, -0.15) is 0 Å². The predicted octanol–water partition coefficient (Wildman–Crippen LogP) is 2.84. The van der Waals surface area contributed by atoms with Crippen molar-refractivity contribution in [2.45, 2.75) is 37.3 Å². The summed E-state index contributed by atoms with van der Waals surface area (Å²) in [6, 6.07) is 3.21. The molecule has 0 radical (unpaired) electrons. The van der Waals surface area contributed by atoms with Crippen molar-refractivity contribution in [3.63, 3.8) is 0 Å². The first-order chi connectivity index (χ1) is 8.45. The second-order valence-corrected chi connectivity index (χ2v) is 5.39. The molecule has 2 nitrogen and oxygen atoms in total. The second-order valence-electron chi connectivity index (χ2n) is 5.39. The molecule has 1 aromatic rings. The summed E-state index contributed by atoms with van der Waals surface area (Å²) in [7, 11) is 3.97. The number of nitrogens with two attached hydrogens (primary N) is 1. The van der Waals surface area contributed by atoms with E-state index in [1.807, 2.05) is 14.1 Å². The lowest BCUT2D eigenvalue weighted by Crippen LogP contribution is -2.50. The maximum absolute atomic E-state index is 13.3. The van der Waals surface area contributed by atoms with Gasteiger partial charge >= 0.3 is 0 Å². The highest BCUT2D eigenvalue weighted by Crippen LogP contribution is 2.42. The van der Waals surface area contributed by atoms with E-state index in [1.54, 1.807) is 0 Å². The van der Waals surface area contributed by atoms with E-state index >= 15 is 0 Å². The lowest BCUT2D eigenvalue weighted by atomic mass is 9.83. The van der Waals surface area contributed by atoms with Crippen LogP contribution in [0.3, 0.4) is 0 Å². The van der Waals surface area contributed by atoms with E-state index in [1.165, 1.54) is 12.1 Å². The van der Waals surface area contributed by atoms with E-state index in [0.717, 1.165) is 31.7 Å². The molecule has 0 spiro atoms. The summed E-state index contributed by atoms with van der Waals surface area (Å²) in [5.41, 5.74) is 6.66. The number of nitrogens with zero attached hydrogens (tertiary/aromatic N) is 1. The molecule has 0 aliphatic heterocycles. The predicted molar refractivity (Wildman–Crippen MR) is 68.2 cm³/mol. The van der Waals surface area contributed by atoms with Crippen LogP contribution in [-0.4, -0.2) is 24.5 Å². The first-order valence-electron chi connectivity index (χ1n) is 6.35. The molecule has 1 aromatic carbocycles. The molecule has 4 heteroatoms. The number of hydrogen-bond acceptors (Lipinski definition) is 2. The van der Waals surface area contributed by atoms with E-state index in [2.05, 4.69) is 4.90 Å². The number of rotatable bonds is 3. The Morgan fingerprint density at radius 1 is 1.11 bits per heavy atom. The molecule has 0 bridgehead atoms. The van der Waals surface area contributed by atoms with Crippen molar-refractivity contribution in [2.75, 3.05) is 14.1 Å². The second kappa shape index (κ2) is 4.94. The summed E-state index contributed by atoms with van der Waals surface area (Å²) in [6.07, 6.45) is 4.17. The van der Waals surface area contributed by atoms with Crippen LogP contribution < -0.4 is 5.73 Å². The smallest absolute Gasteiger partial charge is 0.126 e. The molecule has 1 fully saturated rings. The van der Waals surface area contributed by atoms with Gasteiger partial charge in [0.25, 0.3) is 0 Å². The molecule has 2 N–H and O–H groups in total. The van der Waals surface area contributed by atoms with Crippen LogP contribution in [0.1, 0.15) is 37.3 Å². The molecule has 18 heavy (non-hydrogen) atoms. The quantitative estimate of drug-likeness (QED) is 0.898. The standard InChI is InChI=1S/C14H20F2N2/c1-18(2)14(5-3-4-6-14)13(17)10-7-11(15)9-12(16)8-10/h7-9,13H,3-6,17H2,1-2H3. The Kier molecular flexibility index (Phi) is 3.69. The fourth-order valence-corrected chi connectivity index (χ4v) is 3.09. The monoisotopic (exact) mass is 254 g/mol. The number of halogens is 2. The zero-order valence-corrected chi connectivity index (χ0v) is 10.9. The summed E-state index contributed by atoms with van der Waals surface area (Å²) in [4.78, 5) is 2.10. The SMILES string of the molecule is CN(C)C1(C(N)c2cc(F)cc(F)c2)CCCC1. The molecule has 1 atom stereocenters. The molecule has 1 saturated carbocycles. The minimum absolute atomic E-state index is 0.180. The van der Waals surface area contributed by atoms with Gasteiger partial charge in [-0.25, -0.2) is 8.78 Å². The van der Waals surface area contributed by atoms with Crippen molar-refractivity contribution in [2.24, 2.45) is 5.73 Å². The van der Waals surface area contributed by atoms with Crippen molar-refractivity contribution < 1.29 is 8.78 Å². The van der Waals surface area contributed by atoms with Gasteiger partial charge < -0.3 is 10.6 Å². The molecule has 0 aromatic heterocycles. The van der Waals surface area contributed by atoms with Gasteiger partial charge in [0.2, 0.25) is 0 Å². The molecule has 0 amide bonds. The Bertz CT molecular complexity index is 406. The van der Waals surface area contributed by atoms with Crippen molar-refractivity contribution >= 4 is 0 Å². The van der Waals surface area contributed by atoms with Crippen LogP contribution in [0.15, 0.2) is 18.2 Å². The Balaban J connectivity index is 2.36. The summed E-state index contributed by atoms with van der Waals surface area (Å²) in [5, 5.41) is 0. The Morgan fingerprint density at radius 3 is 2.06 bits per heavy atom. The first kappa shape index (κ1) is 13.4. The van der Waals surface area contributed by atoms with Gasteiger partial charge in [0.15, 0.2) is 0 Å². The van der Waals surface area contributed by atoms with Gasteiger partial charge in [-0.15, -0.1) is 0 Å². The van der Waals surface area contributed by atoms with Crippen molar-refractivity contribution in [3.8, 4) is 0 Å². The highest BCUT2D eigenvalue weighted by Gasteiger charge is 2.42. The van der Waals surface area contributed by atoms with Crippen LogP contribution in [0, 0.1) is 11.6 Å². The largest absolute Gasteiger partial charge is 0.322 e. The zero-order valence-electron chi connectivity index (χ0n) is 10.9. The van der Waals surface area contributed by atoms with Gasteiger partial charge in [0.05, 0.1) is 0 Å². The third-order valence-corrected chi connectivity index (χ3v) is 4.18. The normalized spacial score (nSPS) is 20.3. The average molecular weight is 254 g/mol. The van der Waals surface area contributed by atoms with Crippen molar-refractivity contribution in [1.29, 1.82) is 0 Å². The zero-order chi connectivity index (χ0) is 13.3. The van der Waals surface area contributed by atoms with Crippen LogP contribution in [0.2, 0.25) is 0 Å². The van der Waals surface area contributed by atoms with Crippen LogP contribution in [0.25, 0.3) is 0 Å². The summed E-state index contributed by atoms with van der Waals surface area (Å²) >= 11 is 0. The highest BCUT2D eigenvalue weighted by atomic mass is 19.1. The van der Waals surface area contributed by atoms with E-state index in [9.17, 15) is 8.78 Å². The molecular weight excluding hydrogens is 234 g/mol. The molecule has 1 unspecified atom stereocenters.